The van der Waals surface area contributed by atoms with Crippen LogP contribution in [0.15, 0.2) is 78.6 Å². The molecule has 0 amide bonds. The molecule has 7 rings (SSSR count). The Morgan fingerprint density at radius 2 is 1.16 bits per heavy atom. The molecule has 2 aromatic carbocycles. The molecule has 3 saturated carbocycles. The number of benzene rings is 2. The minimum Gasteiger partial charge on any atom is -0.493 e. The van der Waals surface area contributed by atoms with Gasteiger partial charge in [0.15, 0.2) is 11.4 Å². The molecule has 6 atom stereocenters. The normalized spacial score (nSPS) is 21.9. The van der Waals surface area contributed by atoms with Crippen LogP contribution in [0, 0.1) is 72.0 Å². The number of hydrogen-bond acceptors (Lipinski definition) is 14. The number of hydrogen-bond donors (Lipinski definition) is 2. The smallest absolute Gasteiger partial charge is 0.340 e. The third-order valence-corrected chi connectivity index (χ3v) is 12.1. The van der Waals surface area contributed by atoms with Gasteiger partial charge in [-0.1, -0.05) is 24.3 Å². The van der Waals surface area contributed by atoms with Gasteiger partial charge in [0.1, 0.15) is 34.6 Å². The van der Waals surface area contributed by atoms with Crippen molar-refractivity contribution in [2.45, 2.75) is 39.5 Å². The predicted molar refractivity (Wildman–Crippen MR) is 207 cm³/mol. The zero-order chi connectivity index (χ0) is 41.4. The lowest BCUT2D eigenvalue weighted by molar-refractivity contribution is 0.0336. The quantitative estimate of drug-likeness (QED) is 0.123. The number of azo groups is 2. The number of esters is 2. The number of fused-ring (bicyclic) bond motifs is 5. The number of aromatic nitrogens is 2. The van der Waals surface area contributed by atoms with Gasteiger partial charge in [-0.2, -0.15) is 10.5 Å². The highest BCUT2D eigenvalue weighted by Crippen LogP contribution is 2.62. The first kappa shape index (κ1) is 39.3. The number of nitriles is 2. The Kier molecular flexibility index (Phi) is 10.8. The maximum atomic E-state index is 13.4. The molecule has 16 nitrogen and oxygen atoms in total. The molecule has 0 saturated heterocycles. The number of carbonyl (C=O) groups excluding carboxylic acids is 2. The summed E-state index contributed by atoms with van der Waals surface area (Å²) < 4.78 is 13.5. The first-order valence-electron chi connectivity index (χ1n) is 18.9. The summed E-state index contributed by atoms with van der Waals surface area (Å²) in [6, 6.07) is 16.8. The fourth-order valence-electron chi connectivity index (χ4n) is 9.10. The Morgan fingerprint density at radius 1 is 0.690 bits per heavy atom. The summed E-state index contributed by atoms with van der Waals surface area (Å²) in [5, 5.41) is 55.7. The lowest BCUT2D eigenvalue weighted by Crippen LogP contribution is -2.28. The number of pyridine rings is 2. The van der Waals surface area contributed by atoms with Gasteiger partial charge in [0.05, 0.1) is 24.3 Å². The molecule has 2 N–H and O–H groups in total. The van der Waals surface area contributed by atoms with Crippen LogP contribution < -0.4 is 11.1 Å². The molecular weight excluding hydrogens is 745 g/mol. The van der Waals surface area contributed by atoms with E-state index in [1.54, 1.807) is 48.5 Å². The van der Waals surface area contributed by atoms with Crippen molar-refractivity contribution in [1.29, 1.82) is 10.5 Å². The minimum atomic E-state index is -0.642. The molecule has 3 aliphatic rings. The van der Waals surface area contributed by atoms with E-state index in [9.17, 15) is 39.9 Å². The summed E-state index contributed by atoms with van der Waals surface area (Å²) in [4.78, 5) is 52.2. The molecular formula is C42H40N8O8. The average molecular weight is 785 g/mol. The van der Waals surface area contributed by atoms with E-state index >= 15 is 0 Å². The highest BCUT2D eigenvalue weighted by atomic mass is 16.5. The van der Waals surface area contributed by atoms with Crippen molar-refractivity contribution in [2.75, 3.05) is 13.2 Å². The monoisotopic (exact) mass is 784 g/mol. The second kappa shape index (κ2) is 15.9. The number of aromatic hydroxyl groups is 2. The van der Waals surface area contributed by atoms with E-state index in [0.29, 0.717) is 23.7 Å². The van der Waals surface area contributed by atoms with E-state index < -0.39 is 34.8 Å². The number of rotatable bonds is 10. The molecule has 0 aliphatic heterocycles. The lowest BCUT2D eigenvalue weighted by Gasteiger charge is -2.31. The molecule has 4 aromatic rings. The average Bonchev–Trinajstić information content (AvgIpc) is 3.94. The van der Waals surface area contributed by atoms with Crippen LogP contribution in [0.1, 0.15) is 68.7 Å². The largest absolute Gasteiger partial charge is 0.493 e. The second-order valence-corrected chi connectivity index (χ2v) is 15.2. The van der Waals surface area contributed by atoms with Gasteiger partial charge in [-0.05, 0) is 99.3 Å². The van der Waals surface area contributed by atoms with Crippen molar-refractivity contribution < 1.29 is 29.3 Å². The van der Waals surface area contributed by atoms with Crippen LogP contribution >= 0.6 is 0 Å². The van der Waals surface area contributed by atoms with E-state index in [-0.39, 0.29) is 81.2 Å². The van der Waals surface area contributed by atoms with Gasteiger partial charge in [-0.3, -0.25) is 18.7 Å². The Morgan fingerprint density at radius 3 is 1.66 bits per heavy atom. The van der Waals surface area contributed by atoms with E-state index in [2.05, 4.69) is 20.5 Å². The zero-order valence-corrected chi connectivity index (χ0v) is 32.2. The number of carbonyl (C=O) groups is 2. The van der Waals surface area contributed by atoms with Crippen molar-refractivity contribution in [1.82, 2.24) is 9.13 Å². The summed E-state index contributed by atoms with van der Waals surface area (Å²) in [6.45, 7) is 3.46. The van der Waals surface area contributed by atoms with Crippen LogP contribution in [0.3, 0.4) is 0 Å². The summed E-state index contributed by atoms with van der Waals surface area (Å²) in [7, 11) is 2.64. The molecule has 3 fully saturated rings. The molecule has 0 radical (unpaired) electrons. The van der Waals surface area contributed by atoms with Crippen LogP contribution in [0.2, 0.25) is 0 Å². The molecule has 2 heterocycles. The third-order valence-electron chi connectivity index (χ3n) is 12.1. The fraction of sp³-hybridized carbons (Fsp3) is 0.381. The molecule has 0 spiro atoms. The Hall–Kier alpha value is -6.94. The molecule has 16 heteroatoms. The van der Waals surface area contributed by atoms with Crippen molar-refractivity contribution in [3.63, 3.8) is 0 Å². The van der Waals surface area contributed by atoms with Crippen LogP contribution in [0.5, 0.6) is 11.8 Å². The maximum absolute atomic E-state index is 13.4. The highest BCUT2D eigenvalue weighted by Gasteiger charge is 2.56. The van der Waals surface area contributed by atoms with Gasteiger partial charge in [0, 0.05) is 25.2 Å². The first-order chi connectivity index (χ1) is 27.8. The Bertz CT molecular complexity index is 2620. The van der Waals surface area contributed by atoms with Crippen molar-refractivity contribution in [2.24, 2.45) is 70.1 Å². The Balaban J connectivity index is 0.960. The van der Waals surface area contributed by atoms with Gasteiger partial charge in [0.25, 0.3) is 11.1 Å². The summed E-state index contributed by atoms with van der Waals surface area (Å²) in [5.41, 5.74) is -0.632. The molecule has 296 valence electrons. The van der Waals surface area contributed by atoms with E-state index in [1.165, 1.54) is 27.9 Å². The van der Waals surface area contributed by atoms with Gasteiger partial charge in [-0.25, -0.2) is 9.59 Å². The molecule has 2 aromatic heterocycles. The first-order valence-corrected chi connectivity index (χ1v) is 18.9. The molecule has 6 unspecified atom stereocenters. The van der Waals surface area contributed by atoms with Crippen LogP contribution in [-0.2, 0) is 23.6 Å². The standard InChI is InChI=1S/C42H40N8O8/c1-21-31(17-43)37(51)49(3)39(53)35(21)47-45-33-11-7-5-9-26(33)41(55)57-19-23-13-28-24-15-25(29(16-24)30(28)14-23)20-58-42(56)27-10-6-8-12-34(27)46-48-36-22(2)32(18-44)38(52)50(4)40(36)54/h5-12,23-25,28-30,51-52H,13-16,19-20H2,1-4H3. The molecule has 58 heavy (non-hydrogen) atoms. The summed E-state index contributed by atoms with van der Waals surface area (Å²) in [6.07, 6.45) is 3.84. The molecule has 2 bridgehead atoms. The summed E-state index contributed by atoms with van der Waals surface area (Å²) in [5.74, 6) is 0.0958. The zero-order valence-electron chi connectivity index (χ0n) is 32.2. The lowest BCUT2D eigenvalue weighted by atomic mass is 9.76. The van der Waals surface area contributed by atoms with E-state index in [1.807, 2.05) is 12.1 Å². The summed E-state index contributed by atoms with van der Waals surface area (Å²) >= 11 is 0. The fourth-order valence-corrected chi connectivity index (χ4v) is 9.10. The second-order valence-electron chi connectivity index (χ2n) is 15.2. The number of nitrogens with zero attached hydrogens (tertiary/aromatic N) is 8. The maximum Gasteiger partial charge on any atom is 0.340 e. The van der Waals surface area contributed by atoms with Gasteiger partial charge in [0.2, 0.25) is 11.8 Å². The van der Waals surface area contributed by atoms with Crippen LogP contribution in [0.4, 0.5) is 22.7 Å². The highest BCUT2D eigenvalue weighted by molar-refractivity contribution is 5.95. The Labute approximate surface area is 332 Å². The SMILES string of the molecule is Cc1c(C#N)c(O)n(C)c(=O)c1N=Nc1ccccc1C(=O)OCC1CC2C3CC(COC(=O)c4ccccc4N=Nc4c(C)c(C#N)c(O)n(C)c4=O)C(C3)C2C1. The van der Waals surface area contributed by atoms with Gasteiger partial charge in [-0.15, -0.1) is 20.5 Å². The van der Waals surface area contributed by atoms with Crippen LogP contribution in [-0.4, -0.2) is 44.5 Å². The third kappa shape index (κ3) is 7.02. The number of ether oxygens (including phenoxy) is 2. The molecule has 3 aliphatic carbocycles. The van der Waals surface area contributed by atoms with Crippen molar-refractivity contribution in [3.05, 3.63) is 103 Å². The van der Waals surface area contributed by atoms with Gasteiger partial charge < -0.3 is 19.7 Å². The van der Waals surface area contributed by atoms with E-state index in [4.69, 9.17) is 9.47 Å². The predicted octanol–water partition coefficient (Wildman–Crippen LogP) is 7.00. The van der Waals surface area contributed by atoms with Crippen LogP contribution in [0.25, 0.3) is 0 Å². The van der Waals surface area contributed by atoms with Crippen molar-refractivity contribution in [3.8, 4) is 23.9 Å². The van der Waals surface area contributed by atoms with Gasteiger partial charge >= 0.3 is 11.9 Å². The topological polar surface area (TPSA) is 234 Å². The minimum absolute atomic E-state index is 0.0942. The van der Waals surface area contributed by atoms with E-state index in [0.717, 1.165) is 34.8 Å². The van der Waals surface area contributed by atoms with Crippen molar-refractivity contribution >= 4 is 34.7 Å².